The van der Waals surface area contributed by atoms with Crippen molar-refractivity contribution in [2.24, 2.45) is 0 Å². The Hall–Kier alpha value is -0.960. The van der Waals surface area contributed by atoms with Crippen molar-refractivity contribution < 1.29 is 23.1 Å². The summed E-state index contributed by atoms with van der Waals surface area (Å²) in [7, 11) is -2.01. The van der Waals surface area contributed by atoms with E-state index in [1.165, 1.54) is 17.5 Å². The molecule has 1 aromatic heterocycles. The number of hydrogen-bond donors (Lipinski definition) is 1. The fraction of sp³-hybridized carbons (Fsp3) is 0.583. The van der Waals surface area contributed by atoms with Gasteiger partial charge >= 0.3 is 5.97 Å². The van der Waals surface area contributed by atoms with Gasteiger partial charge in [0.2, 0.25) is 0 Å². The van der Waals surface area contributed by atoms with Crippen LogP contribution in [0.2, 0.25) is 0 Å². The van der Waals surface area contributed by atoms with E-state index in [2.05, 4.69) is 0 Å². The number of methoxy groups -OCH3 is 1. The van der Waals surface area contributed by atoms with Crippen molar-refractivity contribution in [3.05, 3.63) is 17.0 Å². The number of carboxylic acids is 1. The lowest BCUT2D eigenvalue weighted by molar-refractivity contribution is -0.136. The zero-order chi connectivity index (χ0) is 14.8. The van der Waals surface area contributed by atoms with Gasteiger partial charge in [-0.25, -0.2) is 8.42 Å². The Morgan fingerprint density at radius 3 is 2.75 bits per heavy atom. The summed E-state index contributed by atoms with van der Waals surface area (Å²) in [6.07, 6.45) is 1.59. The van der Waals surface area contributed by atoms with Crippen LogP contribution in [0.1, 0.15) is 17.7 Å². The second kappa shape index (κ2) is 6.21. The van der Waals surface area contributed by atoms with Gasteiger partial charge in [0.1, 0.15) is 4.21 Å². The van der Waals surface area contributed by atoms with Crippen LogP contribution < -0.4 is 0 Å². The molecule has 0 unspecified atom stereocenters. The highest BCUT2D eigenvalue weighted by Crippen LogP contribution is 2.34. The quantitative estimate of drug-likeness (QED) is 0.778. The number of ether oxygens (including phenoxy) is 1. The third-order valence-corrected chi connectivity index (χ3v) is 6.50. The molecule has 0 spiro atoms. The molecular weight excluding hydrogens is 302 g/mol. The van der Waals surface area contributed by atoms with Crippen molar-refractivity contribution in [3.8, 4) is 0 Å². The molecule has 112 valence electrons. The van der Waals surface area contributed by atoms with Gasteiger partial charge in [0.05, 0.1) is 13.0 Å². The first kappa shape index (κ1) is 15.4. The normalized spacial score (nSPS) is 15.7. The second-order valence-corrected chi connectivity index (χ2v) is 7.92. The maximum atomic E-state index is 12.6. The predicted molar refractivity (Wildman–Crippen MR) is 74.4 cm³/mol. The van der Waals surface area contributed by atoms with Gasteiger partial charge < -0.3 is 9.84 Å². The third kappa shape index (κ3) is 3.57. The minimum absolute atomic E-state index is 0.0557. The monoisotopic (exact) mass is 319 g/mol. The molecule has 0 bridgehead atoms. The topological polar surface area (TPSA) is 83.9 Å². The lowest BCUT2D eigenvalue weighted by Gasteiger charge is -2.20. The first-order valence-electron chi connectivity index (χ1n) is 6.26. The van der Waals surface area contributed by atoms with Gasteiger partial charge in [-0.1, -0.05) is 0 Å². The number of carbonyl (C=O) groups is 1. The zero-order valence-corrected chi connectivity index (χ0v) is 12.7. The second-order valence-electron chi connectivity index (χ2n) is 4.63. The lowest BCUT2D eigenvalue weighted by Crippen LogP contribution is -2.35. The summed E-state index contributed by atoms with van der Waals surface area (Å²) < 4.78 is 31.7. The average Bonchev–Trinajstić information content (AvgIpc) is 3.08. The highest BCUT2D eigenvalue weighted by Gasteiger charge is 2.38. The summed E-state index contributed by atoms with van der Waals surface area (Å²) in [5.41, 5.74) is 0. The molecule has 1 aromatic rings. The zero-order valence-electron chi connectivity index (χ0n) is 11.1. The van der Waals surface area contributed by atoms with Crippen LogP contribution in [0.15, 0.2) is 16.3 Å². The molecule has 0 aromatic carbocycles. The summed E-state index contributed by atoms with van der Waals surface area (Å²) in [6, 6.07) is 3.10. The molecule has 0 aliphatic heterocycles. The molecule has 1 saturated carbocycles. The van der Waals surface area contributed by atoms with Gasteiger partial charge in [-0.05, 0) is 25.0 Å². The molecule has 1 aliphatic carbocycles. The molecule has 1 aliphatic rings. The maximum absolute atomic E-state index is 12.6. The van der Waals surface area contributed by atoms with E-state index in [0.717, 1.165) is 24.2 Å². The van der Waals surface area contributed by atoms with Crippen molar-refractivity contribution in [2.45, 2.75) is 29.5 Å². The van der Waals surface area contributed by atoms with Crippen molar-refractivity contribution in [3.63, 3.8) is 0 Å². The highest BCUT2D eigenvalue weighted by atomic mass is 32.2. The molecule has 6 nitrogen and oxygen atoms in total. The molecule has 0 amide bonds. The van der Waals surface area contributed by atoms with E-state index < -0.39 is 16.0 Å². The van der Waals surface area contributed by atoms with Crippen molar-refractivity contribution in [1.29, 1.82) is 0 Å². The molecule has 20 heavy (non-hydrogen) atoms. The molecule has 1 fully saturated rings. The Morgan fingerprint density at radius 1 is 1.50 bits per heavy atom. The van der Waals surface area contributed by atoms with Crippen LogP contribution in [-0.4, -0.2) is 50.1 Å². The molecular formula is C12H17NO5S2. The van der Waals surface area contributed by atoms with Crippen LogP contribution in [-0.2, 0) is 26.0 Å². The fourth-order valence-electron chi connectivity index (χ4n) is 1.90. The minimum Gasteiger partial charge on any atom is -0.481 e. The highest BCUT2D eigenvalue weighted by molar-refractivity contribution is 7.91. The average molecular weight is 319 g/mol. The Kier molecular flexibility index (Phi) is 4.79. The first-order chi connectivity index (χ1) is 9.45. The Labute approximate surface area is 122 Å². The summed E-state index contributed by atoms with van der Waals surface area (Å²) >= 11 is 1.02. The summed E-state index contributed by atoms with van der Waals surface area (Å²) in [5.74, 6) is -0.964. The van der Waals surface area contributed by atoms with E-state index in [1.807, 2.05) is 0 Å². The lowest BCUT2D eigenvalue weighted by atomic mass is 10.3. The number of carboxylic acid groups (broad SMARTS) is 1. The van der Waals surface area contributed by atoms with Gasteiger partial charge in [0, 0.05) is 24.6 Å². The molecule has 0 saturated heterocycles. The number of sulfonamides is 1. The van der Waals surface area contributed by atoms with E-state index >= 15 is 0 Å². The third-order valence-electron chi connectivity index (χ3n) is 3.00. The molecule has 0 radical (unpaired) electrons. The largest absolute Gasteiger partial charge is 0.481 e. The Bertz CT molecular complexity index is 576. The number of aliphatic carboxylic acids is 1. The van der Waals surface area contributed by atoms with E-state index in [1.54, 1.807) is 6.07 Å². The molecule has 1 N–H and O–H groups in total. The van der Waals surface area contributed by atoms with Crippen molar-refractivity contribution in [2.75, 3.05) is 20.3 Å². The summed E-state index contributed by atoms with van der Waals surface area (Å²) in [4.78, 5) is 11.2. The van der Waals surface area contributed by atoms with E-state index in [4.69, 9.17) is 9.84 Å². The number of nitrogens with zero attached hydrogens (tertiary/aromatic N) is 1. The van der Waals surface area contributed by atoms with E-state index in [9.17, 15) is 13.2 Å². The fourth-order valence-corrected chi connectivity index (χ4v) is 5.04. The number of rotatable bonds is 8. The van der Waals surface area contributed by atoms with Crippen LogP contribution in [0.5, 0.6) is 0 Å². The van der Waals surface area contributed by atoms with Crippen LogP contribution >= 0.6 is 11.3 Å². The maximum Gasteiger partial charge on any atom is 0.308 e. The smallest absolute Gasteiger partial charge is 0.308 e. The van der Waals surface area contributed by atoms with Gasteiger partial charge in [-0.3, -0.25) is 4.79 Å². The Balaban J connectivity index is 2.18. The number of thiophene rings is 1. The van der Waals surface area contributed by atoms with Gasteiger partial charge in [0.25, 0.3) is 10.0 Å². The minimum atomic E-state index is -3.55. The van der Waals surface area contributed by atoms with Gasteiger partial charge in [-0.15, -0.1) is 11.3 Å². The molecule has 1 heterocycles. The summed E-state index contributed by atoms with van der Waals surface area (Å²) in [5, 5.41) is 8.73. The van der Waals surface area contributed by atoms with Crippen LogP contribution in [0, 0.1) is 0 Å². The van der Waals surface area contributed by atoms with Crippen LogP contribution in [0.3, 0.4) is 0 Å². The predicted octanol–water partition coefficient (Wildman–Crippen LogP) is 1.17. The van der Waals surface area contributed by atoms with Crippen molar-refractivity contribution >= 4 is 27.3 Å². The Morgan fingerprint density at radius 2 is 2.20 bits per heavy atom. The molecule has 2 rings (SSSR count). The summed E-state index contributed by atoms with van der Waals surface area (Å²) in [6.45, 7) is 0.679. The molecule has 0 atom stereocenters. The van der Waals surface area contributed by atoms with Crippen LogP contribution in [0.4, 0.5) is 0 Å². The first-order valence-corrected chi connectivity index (χ1v) is 8.52. The molecule has 8 heteroatoms. The van der Waals surface area contributed by atoms with Crippen molar-refractivity contribution in [1.82, 2.24) is 4.31 Å². The van der Waals surface area contributed by atoms with E-state index in [-0.39, 0.29) is 16.7 Å². The van der Waals surface area contributed by atoms with E-state index in [0.29, 0.717) is 18.0 Å². The number of hydrogen-bond acceptors (Lipinski definition) is 5. The SMILES string of the molecule is COCCN(C1CC1)S(=O)(=O)c1ccc(CC(=O)O)s1. The standard InChI is InChI=1S/C12H17NO5S2/c1-18-7-6-13(9-2-3-9)20(16,17)12-5-4-10(19-12)8-11(14)15/h4-5,9H,2-3,6-8H2,1H3,(H,14,15). The van der Waals surface area contributed by atoms with Crippen LogP contribution in [0.25, 0.3) is 0 Å². The van der Waals surface area contributed by atoms with Gasteiger partial charge in [0.15, 0.2) is 0 Å². The van der Waals surface area contributed by atoms with Gasteiger partial charge in [-0.2, -0.15) is 4.31 Å².